The van der Waals surface area contributed by atoms with Gasteiger partial charge in [0, 0.05) is 57.0 Å². The maximum absolute atomic E-state index is 4.35. The summed E-state index contributed by atoms with van der Waals surface area (Å²) in [5.74, 6) is 0. The number of rotatable bonds is 5. The van der Waals surface area contributed by atoms with Crippen LogP contribution in [0.5, 0.6) is 0 Å². The van der Waals surface area contributed by atoms with E-state index in [9.17, 15) is 0 Å². The van der Waals surface area contributed by atoms with Gasteiger partial charge in [-0.25, -0.2) is 4.68 Å². The van der Waals surface area contributed by atoms with E-state index in [0.29, 0.717) is 12.6 Å². The highest BCUT2D eigenvalue weighted by molar-refractivity contribution is 5.17. The molecule has 1 unspecified atom stereocenters. The summed E-state index contributed by atoms with van der Waals surface area (Å²) in [6.07, 6.45) is 9.37. The van der Waals surface area contributed by atoms with Gasteiger partial charge in [-0.05, 0) is 29.3 Å². The predicted molar refractivity (Wildman–Crippen MR) is 93.6 cm³/mol. The standard InChI is InChI=1S/C18H21N7/c1-2-15(10-20-5-1)12-25-14-17(22-23-25)13-24-9-8-21-11-18(24)16-3-6-19-7-4-16/h1-7,10,14,18,21H,8-9,11-13H2. The monoisotopic (exact) mass is 335 g/mol. The number of hydrogen-bond acceptors (Lipinski definition) is 6. The van der Waals surface area contributed by atoms with Gasteiger partial charge in [0.25, 0.3) is 0 Å². The highest BCUT2D eigenvalue weighted by Crippen LogP contribution is 2.23. The normalized spacial score (nSPS) is 18.3. The van der Waals surface area contributed by atoms with Crippen LogP contribution < -0.4 is 5.32 Å². The third-order valence-corrected chi connectivity index (χ3v) is 4.46. The van der Waals surface area contributed by atoms with Crippen molar-refractivity contribution in [2.75, 3.05) is 19.6 Å². The molecule has 3 aromatic rings. The summed E-state index contributed by atoms with van der Waals surface area (Å²) in [7, 11) is 0. The molecule has 1 N–H and O–H groups in total. The van der Waals surface area contributed by atoms with Crippen molar-refractivity contribution < 1.29 is 0 Å². The summed E-state index contributed by atoms with van der Waals surface area (Å²) in [6, 6.07) is 8.49. The largest absolute Gasteiger partial charge is 0.314 e. The summed E-state index contributed by atoms with van der Waals surface area (Å²) in [5, 5.41) is 12.1. The molecule has 4 heterocycles. The van der Waals surface area contributed by atoms with Gasteiger partial charge in [0.15, 0.2) is 0 Å². The van der Waals surface area contributed by atoms with Gasteiger partial charge in [-0.2, -0.15) is 0 Å². The molecule has 0 bridgehead atoms. The zero-order valence-electron chi connectivity index (χ0n) is 14.0. The second kappa shape index (κ2) is 7.50. The van der Waals surface area contributed by atoms with E-state index in [-0.39, 0.29) is 0 Å². The van der Waals surface area contributed by atoms with Gasteiger partial charge < -0.3 is 5.32 Å². The molecule has 7 heteroatoms. The molecule has 0 amide bonds. The van der Waals surface area contributed by atoms with Crippen molar-refractivity contribution in [1.29, 1.82) is 0 Å². The first-order valence-electron chi connectivity index (χ1n) is 8.51. The van der Waals surface area contributed by atoms with Gasteiger partial charge in [-0.3, -0.25) is 14.9 Å². The van der Waals surface area contributed by atoms with E-state index in [1.807, 2.05) is 41.6 Å². The molecular formula is C18H21N7. The fourth-order valence-corrected chi connectivity index (χ4v) is 3.22. The van der Waals surface area contributed by atoms with E-state index < -0.39 is 0 Å². The second-order valence-corrected chi connectivity index (χ2v) is 6.24. The summed E-state index contributed by atoms with van der Waals surface area (Å²) in [6.45, 7) is 4.40. The second-order valence-electron chi connectivity index (χ2n) is 6.24. The minimum Gasteiger partial charge on any atom is -0.314 e. The van der Waals surface area contributed by atoms with Crippen LogP contribution >= 0.6 is 0 Å². The Labute approximate surface area is 146 Å². The molecule has 0 spiro atoms. The third kappa shape index (κ3) is 3.89. The van der Waals surface area contributed by atoms with Gasteiger partial charge in [0.1, 0.15) is 0 Å². The van der Waals surface area contributed by atoms with E-state index in [0.717, 1.165) is 37.4 Å². The SMILES string of the molecule is c1cncc(Cn2cc(CN3CCNCC3c3ccncc3)nn2)c1. The minimum absolute atomic E-state index is 0.334. The highest BCUT2D eigenvalue weighted by atomic mass is 15.4. The molecule has 3 aromatic heterocycles. The Kier molecular flexibility index (Phi) is 4.76. The van der Waals surface area contributed by atoms with Crippen molar-refractivity contribution in [3.8, 4) is 0 Å². The molecule has 128 valence electrons. The fraction of sp³-hybridized carbons (Fsp3) is 0.333. The number of nitrogens with zero attached hydrogens (tertiary/aromatic N) is 6. The first-order chi connectivity index (χ1) is 12.4. The lowest BCUT2D eigenvalue weighted by atomic mass is 10.0. The number of nitrogens with one attached hydrogen (secondary N) is 1. The van der Waals surface area contributed by atoms with Crippen LogP contribution in [0.25, 0.3) is 0 Å². The lowest BCUT2D eigenvalue weighted by Gasteiger charge is -2.35. The number of pyridine rings is 2. The predicted octanol–water partition coefficient (Wildman–Crippen LogP) is 1.26. The Hall–Kier alpha value is -2.64. The molecule has 7 nitrogen and oxygen atoms in total. The first-order valence-corrected chi connectivity index (χ1v) is 8.51. The van der Waals surface area contributed by atoms with E-state index in [2.05, 4.69) is 42.6 Å². The van der Waals surface area contributed by atoms with Crippen LogP contribution in [0.1, 0.15) is 22.9 Å². The van der Waals surface area contributed by atoms with Crippen molar-refractivity contribution >= 4 is 0 Å². The van der Waals surface area contributed by atoms with Crippen LogP contribution in [0.4, 0.5) is 0 Å². The smallest absolute Gasteiger partial charge is 0.0967 e. The van der Waals surface area contributed by atoms with E-state index in [4.69, 9.17) is 0 Å². The van der Waals surface area contributed by atoms with Crippen molar-refractivity contribution in [3.05, 3.63) is 72.1 Å². The molecule has 1 saturated heterocycles. The van der Waals surface area contributed by atoms with Gasteiger partial charge in [-0.1, -0.05) is 11.3 Å². The first kappa shape index (κ1) is 15.9. The third-order valence-electron chi connectivity index (χ3n) is 4.46. The van der Waals surface area contributed by atoms with Crippen molar-refractivity contribution in [3.63, 3.8) is 0 Å². The number of aromatic nitrogens is 5. The topological polar surface area (TPSA) is 71.8 Å². The van der Waals surface area contributed by atoms with Gasteiger partial charge in [0.05, 0.1) is 18.4 Å². The maximum Gasteiger partial charge on any atom is 0.0967 e. The van der Waals surface area contributed by atoms with Crippen LogP contribution in [-0.4, -0.2) is 49.5 Å². The highest BCUT2D eigenvalue weighted by Gasteiger charge is 2.24. The molecule has 1 aliphatic heterocycles. The summed E-state index contributed by atoms with van der Waals surface area (Å²) < 4.78 is 1.87. The number of hydrogen-bond donors (Lipinski definition) is 1. The minimum atomic E-state index is 0.334. The van der Waals surface area contributed by atoms with Crippen LogP contribution in [-0.2, 0) is 13.1 Å². The quantitative estimate of drug-likeness (QED) is 0.757. The molecule has 25 heavy (non-hydrogen) atoms. The Bertz CT molecular complexity index is 787. The summed E-state index contributed by atoms with van der Waals surface area (Å²) in [5.41, 5.74) is 3.39. The summed E-state index contributed by atoms with van der Waals surface area (Å²) >= 11 is 0. The van der Waals surface area contributed by atoms with Crippen LogP contribution in [0.2, 0.25) is 0 Å². The van der Waals surface area contributed by atoms with Crippen LogP contribution in [0, 0.1) is 0 Å². The average molecular weight is 335 g/mol. The molecule has 0 aliphatic carbocycles. The Morgan fingerprint density at radius 2 is 2.00 bits per heavy atom. The van der Waals surface area contributed by atoms with Crippen molar-refractivity contribution in [2.24, 2.45) is 0 Å². The molecule has 0 aromatic carbocycles. The van der Waals surface area contributed by atoms with Gasteiger partial charge in [0.2, 0.25) is 0 Å². The maximum atomic E-state index is 4.35. The number of piperazine rings is 1. The average Bonchev–Trinajstić information content (AvgIpc) is 3.10. The van der Waals surface area contributed by atoms with Crippen molar-refractivity contribution in [1.82, 2.24) is 35.2 Å². The van der Waals surface area contributed by atoms with E-state index >= 15 is 0 Å². The summed E-state index contributed by atoms with van der Waals surface area (Å²) in [4.78, 5) is 10.7. The molecule has 1 fully saturated rings. The molecule has 1 atom stereocenters. The molecule has 4 rings (SSSR count). The molecule has 0 saturated carbocycles. The van der Waals surface area contributed by atoms with E-state index in [1.54, 1.807) is 6.20 Å². The van der Waals surface area contributed by atoms with Crippen molar-refractivity contribution in [2.45, 2.75) is 19.1 Å². The van der Waals surface area contributed by atoms with E-state index in [1.165, 1.54) is 5.56 Å². The van der Waals surface area contributed by atoms with Gasteiger partial charge in [-0.15, -0.1) is 5.10 Å². The van der Waals surface area contributed by atoms with Crippen LogP contribution in [0.15, 0.2) is 55.2 Å². The lowest BCUT2D eigenvalue weighted by molar-refractivity contribution is 0.152. The van der Waals surface area contributed by atoms with Gasteiger partial charge >= 0.3 is 0 Å². The Balaban J connectivity index is 1.45. The zero-order chi connectivity index (χ0) is 16.9. The Morgan fingerprint density at radius 3 is 2.84 bits per heavy atom. The Morgan fingerprint density at radius 1 is 1.08 bits per heavy atom. The lowest BCUT2D eigenvalue weighted by Crippen LogP contribution is -2.45. The molecular weight excluding hydrogens is 314 g/mol. The van der Waals surface area contributed by atoms with Crippen LogP contribution in [0.3, 0.4) is 0 Å². The molecule has 0 radical (unpaired) electrons. The zero-order valence-corrected chi connectivity index (χ0v) is 14.0. The molecule has 1 aliphatic rings. The fourth-order valence-electron chi connectivity index (χ4n) is 3.22.